The zero-order chi connectivity index (χ0) is 22.1. The molecule has 0 radical (unpaired) electrons. The Balaban J connectivity index is 1.64. The Morgan fingerprint density at radius 1 is 1.27 bits per heavy atom. The molecule has 0 bridgehead atoms. The van der Waals surface area contributed by atoms with E-state index in [0.717, 1.165) is 19.3 Å². The third-order valence-corrected chi connectivity index (χ3v) is 8.46. The second-order valence-corrected chi connectivity index (χ2v) is 11.4. The zero-order valence-corrected chi connectivity index (χ0v) is 19.5. The average molecular weight is 419 g/mol. The van der Waals surface area contributed by atoms with Gasteiger partial charge >= 0.3 is 0 Å². The molecular formula is C26H42O4. The molecule has 0 aromatic carbocycles. The van der Waals surface area contributed by atoms with Crippen molar-refractivity contribution in [2.75, 3.05) is 0 Å². The molecule has 6 atom stereocenters. The van der Waals surface area contributed by atoms with E-state index in [4.69, 9.17) is 0 Å². The molecule has 0 aliphatic heterocycles. The van der Waals surface area contributed by atoms with Gasteiger partial charge in [-0.25, -0.2) is 0 Å². The van der Waals surface area contributed by atoms with Crippen LogP contribution in [0.4, 0.5) is 0 Å². The van der Waals surface area contributed by atoms with Crippen LogP contribution in [0, 0.1) is 29.1 Å². The Bertz CT molecular complexity index is 673. The van der Waals surface area contributed by atoms with Crippen LogP contribution in [0.15, 0.2) is 11.6 Å². The summed E-state index contributed by atoms with van der Waals surface area (Å²) in [6, 6.07) is 0. The van der Waals surface area contributed by atoms with Crippen LogP contribution >= 0.6 is 0 Å². The van der Waals surface area contributed by atoms with Gasteiger partial charge in [-0.3, -0.25) is 9.59 Å². The Hall–Kier alpha value is -1.00. The van der Waals surface area contributed by atoms with Gasteiger partial charge in [0.2, 0.25) is 11.6 Å². The minimum Gasteiger partial charge on any atom is -0.393 e. The lowest BCUT2D eigenvalue weighted by Gasteiger charge is -2.44. The summed E-state index contributed by atoms with van der Waals surface area (Å²) in [4.78, 5) is 24.1. The Morgan fingerprint density at radius 3 is 2.70 bits per heavy atom. The minimum absolute atomic E-state index is 0.000364. The smallest absolute Gasteiger partial charge is 0.201 e. The van der Waals surface area contributed by atoms with E-state index in [1.54, 1.807) is 0 Å². The number of rotatable bonds is 7. The van der Waals surface area contributed by atoms with E-state index in [9.17, 15) is 19.8 Å². The van der Waals surface area contributed by atoms with Crippen molar-refractivity contribution in [1.82, 2.24) is 0 Å². The van der Waals surface area contributed by atoms with Crippen molar-refractivity contribution in [1.29, 1.82) is 0 Å². The van der Waals surface area contributed by atoms with Crippen LogP contribution in [0.2, 0.25) is 0 Å². The predicted molar refractivity (Wildman–Crippen MR) is 119 cm³/mol. The van der Waals surface area contributed by atoms with Crippen molar-refractivity contribution in [2.24, 2.45) is 29.1 Å². The van der Waals surface area contributed by atoms with E-state index in [-0.39, 0.29) is 18.1 Å². The lowest BCUT2D eigenvalue weighted by Crippen LogP contribution is -2.37. The molecule has 2 N–H and O–H groups in total. The van der Waals surface area contributed by atoms with E-state index in [1.807, 2.05) is 13.8 Å². The standard InChI is InChI=1S/C26H42O4/c1-17(7-5-13-25(2,3)30)21-11-12-22-18(8-6-14-26(21,22)4)9-10-19-15-20(27)16-23(28)24(19)29/h9,17,19-22,27,30H,5-8,10-16H2,1-4H3/b18-9-/t17-,19?,20-,21?,22?,26-/m1/s1. The highest BCUT2D eigenvalue weighted by molar-refractivity contribution is 6.38. The molecule has 0 spiro atoms. The molecule has 0 amide bonds. The maximum absolute atomic E-state index is 12.2. The molecule has 3 unspecified atom stereocenters. The normalized spacial score (nSPS) is 37.5. The van der Waals surface area contributed by atoms with Crippen molar-refractivity contribution in [3.8, 4) is 0 Å². The van der Waals surface area contributed by atoms with E-state index >= 15 is 0 Å². The lowest BCUT2D eigenvalue weighted by atomic mass is 9.60. The Morgan fingerprint density at radius 2 is 2.00 bits per heavy atom. The molecule has 30 heavy (non-hydrogen) atoms. The molecule has 0 aromatic rings. The first-order valence-electron chi connectivity index (χ1n) is 12.2. The van der Waals surface area contributed by atoms with Crippen LogP contribution < -0.4 is 0 Å². The molecule has 3 rings (SSSR count). The number of hydrogen-bond acceptors (Lipinski definition) is 4. The van der Waals surface area contributed by atoms with Crippen molar-refractivity contribution in [2.45, 2.75) is 110 Å². The van der Waals surface area contributed by atoms with Crippen LogP contribution in [-0.4, -0.2) is 33.5 Å². The van der Waals surface area contributed by atoms with E-state index in [0.29, 0.717) is 36.0 Å². The fraction of sp³-hybridized carbons (Fsp3) is 0.846. The molecule has 170 valence electrons. The summed E-state index contributed by atoms with van der Waals surface area (Å²) in [7, 11) is 0. The van der Waals surface area contributed by atoms with Crippen molar-refractivity contribution in [3.63, 3.8) is 0 Å². The third-order valence-electron chi connectivity index (χ3n) is 8.46. The first kappa shape index (κ1) is 23.7. The van der Waals surface area contributed by atoms with Crippen molar-refractivity contribution < 1.29 is 19.8 Å². The van der Waals surface area contributed by atoms with Gasteiger partial charge in [-0.15, -0.1) is 0 Å². The van der Waals surface area contributed by atoms with Gasteiger partial charge in [-0.2, -0.15) is 0 Å². The van der Waals surface area contributed by atoms with E-state index in [2.05, 4.69) is 19.9 Å². The van der Waals surface area contributed by atoms with Gasteiger partial charge in [0.1, 0.15) is 0 Å². The number of carbonyl (C=O) groups is 2. The maximum atomic E-state index is 12.2. The molecule has 4 heteroatoms. The number of allylic oxidation sites excluding steroid dienone is 2. The molecule has 0 saturated heterocycles. The van der Waals surface area contributed by atoms with Gasteiger partial charge < -0.3 is 10.2 Å². The van der Waals surface area contributed by atoms with Crippen LogP contribution in [0.5, 0.6) is 0 Å². The minimum atomic E-state index is -0.657. The van der Waals surface area contributed by atoms with Crippen molar-refractivity contribution in [3.05, 3.63) is 11.6 Å². The summed E-state index contributed by atoms with van der Waals surface area (Å²) in [5.74, 6) is 0.959. The SMILES string of the molecule is C[C@H](CCCC(C)(C)O)C1CCC2/C(=C\CC3C[C@@H](O)CC(=O)C3=O)CCC[C@@]21C. The van der Waals surface area contributed by atoms with Gasteiger partial charge in [-0.05, 0) is 88.4 Å². The molecule has 3 fully saturated rings. The fourth-order valence-electron chi connectivity index (χ4n) is 6.87. The summed E-state index contributed by atoms with van der Waals surface area (Å²) < 4.78 is 0. The van der Waals surface area contributed by atoms with Crippen LogP contribution in [0.1, 0.15) is 98.3 Å². The fourth-order valence-corrected chi connectivity index (χ4v) is 6.87. The molecule has 0 aromatic heterocycles. The highest BCUT2D eigenvalue weighted by Crippen LogP contribution is 2.60. The largest absolute Gasteiger partial charge is 0.393 e. The number of fused-ring (bicyclic) bond motifs is 1. The van der Waals surface area contributed by atoms with Crippen LogP contribution in [0.25, 0.3) is 0 Å². The molecule has 3 saturated carbocycles. The topological polar surface area (TPSA) is 74.6 Å². The highest BCUT2D eigenvalue weighted by atomic mass is 16.3. The number of aliphatic hydroxyl groups excluding tert-OH is 1. The number of carbonyl (C=O) groups excluding carboxylic acids is 2. The first-order chi connectivity index (χ1) is 14.0. The van der Waals surface area contributed by atoms with Crippen molar-refractivity contribution >= 4 is 11.6 Å². The Labute approximate surface area is 182 Å². The number of hydrogen-bond donors (Lipinski definition) is 2. The second kappa shape index (κ2) is 9.24. The van der Waals surface area contributed by atoms with Crippen LogP contribution in [-0.2, 0) is 9.59 Å². The van der Waals surface area contributed by atoms with E-state index < -0.39 is 17.5 Å². The summed E-state index contributed by atoms with van der Waals surface area (Å²) in [6.45, 7) is 8.67. The van der Waals surface area contributed by atoms with Gasteiger partial charge in [0.25, 0.3) is 0 Å². The first-order valence-corrected chi connectivity index (χ1v) is 12.2. The number of Topliss-reactive ketones (excluding diaryl/α,β-unsaturated/α-hetero) is 2. The number of aliphatic hydroxyl groups is 2. The summed E-state index contributed by atoms with van der Waals surface area (Å²) >= 11 is 0. The van der Waals surface area contributed by atoms with Gasteiger partial charge in [-0.1, -0.05) is 38.3 Å². The highest BCUT2D eigenvalue weighted by Gasteiger charge is 2.50. The Kier molecular flexibility index (Phi) is 7.29. The maximum Gasteiger partial charge on any atom is 0.201 e. The average Bonchev–Trinajstić information content (AvgIpc) is 3.00. The van der Waals surface area contributed by atoms with E-state index in [1.165, 1.54) is 37.7 Å². The summed E-state index contributed by atoms with van der Waals surface area (Å²) in [5.41, 5.74) is 1.24. The van der Waals surface area contributed by atoms with Crippen LogP contribution in [0.3, 0.4) is 0 Å². The molecule has 0 heterocycles. The molecular weight excluding hydrogens is 376 g/mol. The molecule has 3 aliphatic carbocycles. The monoisotopic (exact) mass is 418 g/mol. The summed E-state index contributed by atoms with van der Waals surface area (Å²) in [5, 5.41) is 19.9. The lowest BCUT2D eigenvalue weighted by molar-refractivity contribution is -0.143. The number of ketones is 2. The molecule has 3 aliphatic rings. The summed E-state index contributed by atoms with van der Waals surface area (Å²) in [6.07, 6.45) is 11.8. The van der Waals surface area contributed by atoms with Gasteiger partial charge in [0.05, 0.1) is 11.7 Å². The zero-order valence-electron chi connectivity index (χ0n) is 19.5. The predicted octanol–water partition coefficient (Wildman–Crippen LogP) is 5.01. The second-order valence-electron chi connectivity index (χ2n) is 11.4. The molecule has 4 nitrogen and oxygen atoms in total. The van der Waals surface area contributed by atoms with Gasteiger partial charge in [0.15, 0.2) is 0 Å². The third kappa shape index (κ3) is 5.24. The van der Waals surface area contributed by atoms with Gasteiger partial charge in [0, 0.05) is 12.3 Å². The quantitative estimate of drug-likeness (QED) is 0.450.